The Hall–Kier alpha value is -6.86. The van der Waals surface area contributed by atoms with Crippen molar-refractivity contribution in [2.24, 2.45) is 22.9 Å². The summed E-state index contributed by atoms with van der Waals surface area (Å²) < 4.78 is 0. The van der Waals surface area contributed by atoms with Gasteiger partial charge in [-0.1, -0.05) is 79.2 Å². The highest BCUT2D eigenvalue weighted by molar-refractivity contribution is 5.98. The van der Waals surface area contributed by atoms with Crippen molar-refractivity contribution in [3.63, 3.8) is 0 Å². The predicted molar refractivity (Wildman–Crippen MR) is 218 cm³/mol. The second-order valence-electron chi connectivity index (χ2n) is 14.1. The number of nitrogens with one attached hydrogen (secondary N) is 5. The lowest BCUT2D eigenvalue weighted by Gasteiger charge is -2.27. The smallest absolute Gasteiger partial charge is 0.326 e. The number of unbranched alkanes of at least 4 members (excludes halogenated alkanes) is 1. The van der Waals surface area contributed by atoms with Crippen LogP contribution in [0.15, 0.2) is 84.9 Å². The van der Waals surface area contributed by atoms with Crippen molar-refractivity contribution in [1.29, 1.82) is 0 Å². The summed E-state index contributed by atoms with van der Waals surface area (Å²) in [7, 11) is 0. The Balaban J connectivity index is 1.90. The number of carbonyl (C=O) groups excluding carboxylic acids is 7. The summed E-state index contributed by atoms with van der Waals surface area (Å²) in [5.74, 6) is -8.02. The van der Waals surface area contributed by atoms with Crippen molar-refractivity contribution in [3.05, 3.63) is 102 Å². The Morgan fingerprint density at radius 1 is 0.500 bits per heavy atom. The van der Waals surface area contributed by atoms with Crippen molar-refractivity contribution in [1.82, 2.24) is 26.6 Å². The van der Waals surface area contributed by atoms with Gasteiger partial charge in [-0.25, -0.2) is 4.79 Å². The second-order valence-corrected chi connectivity index (χ2v) is 14.1. The van der Waals surface area contributed by atoms with Gasteiger partial charge in [-0.3, -0.25) is 33.6 Å². The van der Waals surface area contributed by atoms with Gasteiger partial charge in [0.1, 0.15) is 36.0 Å². The van der Waals surface area contributed by atoms with E-state index in [9.17, 15) is 48.6 Å². The number of nitrogens with two attached hydrogens (primary N) is 4. The largest absolute Gasteiger partial charge is 0.508 e. The van der Waals surface area contributed by atoms with Crippen LogP contribution in [-0.2, 0) is 57.6 Å². The number of amides is 7. The highest BCUT2D eigenvalue weighted by Gasteiger charge is 2.34. The molecule has 3 aromatic carbocycles. The topological polar surface area (TPSA) is 341 Å². The Morgan fingerprint density at radius 2 is 0.867 bits per heavy atom. The van der Waals surface area contributed by atoms with Crippen LogP contribution in [0.1, 0.15) is 48.8 Å². The molecule has 6 atom stereocenters. The van der Waals surface area contributed by atoms with Gasteiger partial charge in [0, 0.05) is 19.3 Å². The first kappa shape index (κ1) is 47.5. The zero-order valence-corrected chi connectivity index (χ0v) is 32.9. The van der Waals surface area contributed by atoms with E-state index in [1.807, 2.05) is 0 Å². The molecule has 0 aliphatic carbocycles. The van der Waals surface area contributed by atoms with E-state index in [1.54, 1.807) is 60.7 Å². The summed E-state index contributed by atoms with van der Waals surface area (Å²) >= 11 is 0. The number of aromatic hydroxyl groups is 1. The number of phenols is 1. The third-order valence-corrected chi connectivity index (χ3v) is 9.20. The number of carboxylic acids is 1. The maximum Gasteiger partial charge on any atom is 0.326 e. The Labute approximate surface area is 346 Å². The number of carbonyl (C=O) groups is 8. The zero-order chi connectivity index (χ0) is 44.2. The Morgan fingerprint density at radius 3 is 1.28 bits per heavy atom. The highest BCUT2D eigenvalue weighted by atomic mass is 16.4. The fraction of sp³-hybridized carbons (Fsp3) is 0.366. The van der Waals surface area contributed by atoms with Gasteiger partial charge in [0.25, 0.3) is 0 Å². The molecule has 0 heterocycles. The minimum atomic E-state index is -1.69. The minimum Gasteiger partial charge on any atom is -0.508 e. The van der Waals surface area contributed by atoms with Gasteiger partial charge in [0.05, 0.1) is 18.9 Å². The molecule has 322 valence electrons. The van der Waals surface area contributed by atoms with Crippen LogP contribution in [0.25, 0.3) is 0 Å². The molecule has 0 saturated carbocycles. The summed E-state index contributed by atoms with van der Waals surface area (Å²) in [5, 5.41) is 31.8. The standard InChI is InChI=1S/C41H53N9O10/c42-18-8-7-13-28(43)36(54)46-31(22-34(44)52)39(57)48-29(19-24-9-3-1-4-10-24)37(55)47-30(20-25-11-5-2-6-12-25)38(56)49-32(23-35(45)53)40(58)50-33(41(59)60)21-26-14-16-27(51)17-15-26/h1-6,9-12,14-17,28-33,51H,7-8,13,18-23,42-43H2,(H2,44,52)(H2,45,53)(H,46,54)(H,47,55)(H,48,57)(H,49,56)(H,50,58)(H,59,60). The van der Waals surface area contributed by atoms with Crippen LogP contribution in [0.4, 0.5) is 0 Å². The number of hydrogen-bond donors (Lipinski definition) is 11. The maximum absolute atomic E-state index is 14.2. The minimum absolute atomic E-state index is 0.0592. The van der Waals surface area contributed by atoms with E-state index in [1.165, 1.54) is 24.3 Å². The number of primary amides is 2. The number of carboxylic acid groups (broad SMARTS) is 1. The summed E-state index contributed by atoms with van der Waals surface area (Å²) in [6, 6.07) is 13.9. The molecule has 0 radical (unpaired) electrons. The molecule has 0 fully saturated rings. The van der Waals surface area contributed by atoms with Crippen molar-refractivity contribution in [2.45, 2.75) is 87.6 Å². The summed E-state index contributed by atoms with van der Waals surface area (Å²) in [5.41, 5.74) is 23.9. The van der Waals surface area contributed by atoms with Crippen molar-refractivity contribution >= 4 is 47.3 Å². The molecule has 3 rings (SSSR count). The van der Waals surface area contributed by atoms with E-state index < -0.39 is 96.4 Å². The lowest BCUT2D eigenvalue weighted by atomic mass is 10.0. The molecule has 6 unspecified atom stereocenters. The van der Waals surface area contributed by atoms with E-state index >= 15 is 0 Å². The number of hydrogen-bond acceptors (Lipinski definition) is 11. The highest BCUT2D eigenvalue weighted by Crippen LogP contribution is 2.13. The molecule has 0 aliphatic heterocycles. The first-order valence-corrected chi connectivity index (χ1v) is 19.2. The van der Waals surface area contributed by atoms with E-state index in [0.29, 0.717) is 36.1 Å². The predicted octanol–water partition coefficient (Wildman–Crippen LogP) is -1.86. The number of benzene rings is 3. The first-order chi connectivity index (χ1) is 28.6. The van der Waals surface area contributed by atoms with Gasteiger partial charge in [-0.2, -0.15) is 0 Å². The van der Waals surface area contributed by atoms with E-state index in [-0.39, 0.29) is 31.4 Å². The van der Waals surface area contributed by atoms with Crippen LogP contribution >= 0.6 is 0 Å². The SMILES string of the molecule is NCCCCC(N)C(=O)NC(CC(N)=O)C(=O)NC(Cc1ccccc1)C(=O)NC(Cc1ccccc1)C(=O)NC(CC(N)=O)C(=O)NC(Cc1ccc(O)cc1)C(=O)O. The number of phenolic OH excluding ortho intramolecular Hbond substituents is 1. The molecule has 0 bridgehead atoms. The normalized spacial score (nSPS) is 13.8. The average Bonchev–Trinajstić information content (AvgIpc) is 3.20. The molecular weight excluding hydrogens is 779 g/mol. The third-order valence-electron chi connectivity index (χ3n) is 9.20. The first-order valence-electron chi connectivity index (χ1n) is 19.2. The molecular formula is C41H53N9O10. The lowest BCUT2D eigenvalue weighted by Crippen LogP contribution is -2.60. The van der Waals surface area contributed by atoms with E-state index in [0.717, 1.165) is 0 Å². The van der Waals surface area contributed by atoms with Crippen molar-refractivity contribution in [2.75, 3.05) is 6.54 Å². The Bertz CT molecular complexity index is 1930. The van der Waals surface area contributed by atoms with Crippen LogP contribution in [0.2, 0.25) is 0 Å². The monoisotopic (exact) mass is 831 g/mol. The van der Waals surface area contributed by atoms with Crippen LogP contribution in [0, 0.1) is 0 Å². The Kier molecular flexibility index (Phi) is 19.1. The number of rotatable bonds is 25. The van der Waals surface area contributed by atoms with Gasteiger partial charge in [-0.15, -0.1) is 0 Å². The summed E-state index contributed by atoms with van der Waals surface area (Å²) in [4.78, 5) is 105. The second kappa shape index (κ2) is 24.2. The van der Waals surface area contributed by atoms with Crippen molar-refractivity contribution < 1.29 is 48.6 Å². The van der Waals surface area contributed by atoms with Gasteiger partial charge in [-0.05, 0) is 48.2 Å². The van der Waals surface area contributed by atoms with E-state index in [2.05, 4.69) is 26.6 Å². The third kappa shape index (κ3) is 16.5. The van der Waals surface area contributed by atoms with Crippen molar-refractivity contribution in [3.8, 4) is 5.75 Å². The fourth-order valence-corrected chi connectivity index (χ4v) is 6.01. The molecule has 3 aromatic rings. The fourth-order valence-electron chi connectivity index (χ4n) is 6.01. The summed E-state index contributed by atoms with van der Waals surface area (Å²) in [6.07, 6.45) is -0.484. The molecule has 19 nitrogen and oxygen atoms in total. The van der Waals surface area contributed by atoms with Crippen LogP contribution < -0.4 is 49.5 Å². The molecule has 7 amide bonds. The molecule has 0 aromatic heterocycles. The van der Waals surface area contributed by atoms with Gasteiger partial charge < -0.3 is 59.7 Å². The molecule has 60 heavy (non-hydrogen) atoms. The van der Waals surface area contributed by atoms with Gasteiger partial charge >= 0.3 is 5.97 Å². The van der Waals surface area contributed by atoms with E-state index in [4.69, 9.17) is 22.9 Å². The van der Waals surface area contributed by atoms with Crippen LogP contribution in [0.5, 0.6) is 5.75 Å². The molecule has 0 spiro atoms. The molecule has 15 N–H and O–H groups in total. The molecule has 19 heteroatoms. The zero-order valence-electron chi connectivity index (χ0n) is 32.9. The lowest BCUT2D eigenvalue weighted by molar-refractivity contribution is -0.142. The van der Waals surface area contributed by atoms with Crippen LogP contribution in [-0.4, -0.2) is 100 Å². The van der Waals surface area contributed by atoms with Gasteiger partial charge in [0.15, 0.2) is 0 Å². The summed E-state index contributed by atoms with van der Waals surface area (Å²) in [6.45, 7) is 0.388. The quantitative estimate of drug-likeness (QED) is 0.0419. The van der Waals surface area contributed by atoms with Gasteiger partial charge in [0.2, 0.25) is 41.4 Å². The number of aliphatic carboxylic acids is 1. The molecule has 0 aliphatic rings. The molecule has 0 saturated heterocycles. The maximum atomic E-state index is 14.2. The van der Waals surface area contributed by atoms with Crippen LogP contribution in [0.3, 0.4) is 0 Å². The average molecular weight is 832 g/mol.